The Morgan fingerprint density at radius 3 is 2.76 bits per heavy atom. The average Bonchev–Trinajstić information content (AvgIpc) is 3.13. The summed E-state index contributed by atoms with van der Waals surface area (Å²) in [6.45, 7) is 0.687. The number of halogens is 1. The van der Waals surface area contributed by atoms with Crippen LogP contribution in [0.2, 0.25) is 0 Å². The van der Waals surface area contributed by atoms with Crippen LogP contribution in [0.3, 0.4) is 0 Å². The summed E-state index contributed by atoms with van der Waals surface area (Å²) in [5.41, 5.74) is 0.632. The van der Waals surface area contributed by atoms with Crippen LogP contribution in [0.4, 0.5) is 0 Å². The van der Waals surface area contributed by atoms with Gasteiger partial charge in [-0.2, -0.15) is 0 Å². The fourth-order valence-electron chi connectivity index (χ4n) is 3.33. The molecule has 0 aromatic heterocycles. The van der Waals surface area contributed by atoms with Crippen molar-refractivity contribution in [3.63, 3.8) is 0 Å². The molecule has 1 aromatic rings. The molecular weight excluding hydrogens is 334 g/mol. The zero-order chi connectivity index (χ0) is 15.0. The maximum absolute atomic E-state index is 13.0. The number of likely N-dealkylation sites (tertiary alicyclic amines) is 1. The molecule has 1 atom stereocenters. The molecule has 1 N–H and O–H groups in total. The third-order valence-electron chi connectivity index (χ3n) is 4.58. The third-order valence-corrected chi connectivity index (χ3v) is 5.08. The number of carboxylic acids is 1. The molecule has 2 aliphatic rings. The first kappa shape index (κ1) is 14.6. The second-order valence-electron chi connectivity index (χ2n) is 5.98. The normalized spacial score (nSPS) is 23.1. The fourth-order valence-corrected chi connectivity index (χ4v) is 3.73. The van der Waals surface area contributed by atoms with Gasteiger partial charge in [-0.05, 0) is 43.4 Å². The van der Waals surface area contributed by atoms with Crippen LogP contribution < -0.4 is 0 Å². The van der Waals surface area contributed by atoms with E-state index >= 15 is 0 Å². The van der Waals surface area contributed by atoms with Gasteiger partial charge in [0.15, 0.2) is 0 Å². The highest BCUT2D eigenvalue weighted by Gasteiger charge is 2.54. The lowest BCUT2D eigenvalue weighted by Crippen LogP contribution is -2.43. The van der Waals surface area contributed by atoms with Gasteiger partial charge in [0.1, 0.15) is 0 Å². The van der Waals surface area contributed by atoms with Crippen molar-refractivity contribution < 1.29 is 14.7 Å². The number of benzene rings is 1. The molecule has 0 radical (unpaired) electrons. The first-order valence-corrected chi connectivity index (χ1v) is 8.11. The SMILES string of the molecule is O=C(O)CC1CCCN1C(=O)C1(c2cccc(Br)c2)CC1. The van der Waals surface area contributed by atoms with Gasteiger partial charge in [-0.15, -0.1) is 0 Å². The molecule has 1 saturated heterocycles. The molecule has 0 bridgehead atoms. The minimum atomic E-state index is -0.827. The number of carbonyl (C=O) groups excluding carboxylic acids is 1. The number of rotatable bonds is 4. The number of aliphatic carboxylic acids is 1. The average molecular weight is 352 g/mol. The predicted octanol–water partition coefficient (Wildman–Crippen LogP) is 2.95. The molecule has 3 rings (SSSR count). The van der Waals surface area contributed by atoms with Crippen LogP contribution in [-0.4, -0.2) is 34.5 Å². The summed E-state index contributed by atoms with van der Waals surface area (Å²) >= 11 is 3.46. The number of nitrogens with zero attached hydrogens (tertiary/aromatic N) is 1. The topological polar surface area (TPSA) is 57.6 Å². The summed E-state index contributed by atoms with van der Waals surface area (Å²) in [6.07, 6.45) is 3.47. The lowest BCUT2D eigenvalue weighted by molar-refractivity contribution is -0.140. The van der Waals surface area contributed by atoms with Crippen LogP contribution in [-0.2, 0) is 15.0 Å². The van der Waals surface area contributed by atoms with Crippen molar-refractivity contribution in [2.75, 3.05) is 6.54 Å². The summed E-state index contributed by atoms with van der Waals surface area (Å²) in [5.74, 6) is -0.712. The highest BCUT2D eigenvalue weighted by Crippen LogP contribution is 2.51. The van der Waals surface area contributed by atoms with E-state index in [0.717, 1.165) is 35.7 Å². The Morgan fingerprint density at radius 2 is 2.14 bits per heavy atom. The maximum atomic E-state index is 13.0. The lowest BCUT2D eigenvalue weighted by atomic mass is 9.94. The van der Waals surface area contributed by atoms with E-state index in [0.29, 0.717) is 6.54 Å². The molecule has 1 aliphatic carbocycles. The molecule has 1 amide bonds. The summed E-state index contributed by atoms with van der Waals surface area (Å²) < 4.78 is 0.975. The van der Waals surface area contributed by atoms with Crippen LogP contribution >= 0.6 is 15.9 Å². The number of amides is 1. The van der Waals surface area contributed by atoms with Crippen molar-refractivity contribution in [2.24, 2.45) is 0 Å². The molecule has 0 spiro atoms. The van der Waals surface area contributed by atoms with Crippen LogP contribution in [0.5, 0.6) is 0 Å². The van der Waals surface area contributed by atoms with Gasteiger partial charge in [-0.25, -0.2) is 0 Å². The van der Waals surface area contributed by atoms with Gasteiger partial charge in [0.2, 0.25) is 5.91 Å². The van der Waals surface area contributed by atoms with E-state index in [1.807, 2.05) is 29.2 Å². The van der Waals surface area contributed by atoms with Crippen molar-refractivity contribution in [1.29, 1.82) is 0 Å². The molecule has 5 heteroatoms. The van der Waals surface area contributed by atoms with Gasteiger partial charge < -0.3 is 10.0 Å². The number of carbonyl (C=O) groups is 2. The maximum Gasteiger partial charge on any atom is 0.305 e. The summed E-state index contributed by atoms with van der Waals surface area (Å²) in [4.78, 5) is 25.7. The first-order chi connectivity index (χ1) is 10.0. The first-order valence-electron chi connectivity index (χ1n) is 7.32. The fraction of sp³-hybridized carbons (Fsp3) is 0.500. The van der Waals surface area contributed by atoms with Gasteiger partial charge in [0, 0.05) is 17.1 Å². The highest BCUT2D eigenvalue weighted by atomic mass is 79.9. The quantitative estimate of drug-likeness (QED) is 0.907. The molecule has 1 aromatic carbocycles. The van der Waals surface area contributed by atoms with Crippen molar-refractivity contribution in [1.82, 2.24) is 4.90 Å². The molecule has 4 nitrogen and oxygen atoms in total. The number of carboxylic acid groups (broad SMARTS) is 1. The number of hydrogen-bond acceptors (Lipinski definition) is 2. The Kier molecular flexibility index (Phi) is 3.78. The third kappa shape index (κ3) is 2.71. The van der Waals surface area contributed by atoms with Gasteiger partial charge in [-0.3, -0.25) is 9.59 Å². The van der Waals surface area contributed by atoms with Gasteiger partial charge >= 0.3 is 5.97 Å². The van der Waals surface area contributed by atoms with Gasteiger partial charge in [0.25, 0.3) is 0 Å². The zero-order valence-corrected chi connectivity index (χ0v) is 13.3. The van der Waals surface area contributed by atoms with E-state index in [-0.39, 0.29) is 18.4 Å². The molecule has 1 saturated carbocycles. The Hall–Kier alpha value is -1.36. The monoisotopic (exact) mass is 351 g/mol. The van der Waals surface area contributed by atoms with Crippen LogP contribution in [0.15, 0.2) is 28.7 Å². The van der Waals surface area contributed by atoms with Crippen molar-refractivity contribution >= 4 is 27.8 Å². The van der Waals surface area contributed by atoms with Crippen LogP contribution in [0.25, 0.3) is 0 Å². The minimum Gasteiger partial charge on any atom is -0.481 e. The van der Waals surface area contributed by atoms with E-state index in [1.54, 1.807) is 0 Å². The van der Waals surface area contributed by atoms with Gasteiger partial charge in [0.05, 0.1) is 11.8 Å². The van der Waals surface area contributed by atoms with Crippen molar-refractivity contribution in [3.8, 4) is 0 Å². The molecule has 112 valence electrons. The molecule has 21 heavy (non-hydrogen) atoms. The van der Waals surface area contributed by atoms with E-state index in [2.05, 4.69) is 15.9 Å². The Morgan fingerprint density at radius 1 is 1.38 bits per heavy atom. The molecule has 2 fully saturated rings. The van der Waals surface area contributed by atoms with Crippen LogP contribution in [0.1, 0.15) is 37.7 Å². The molecular formula is C16H18BrNO3. The Bertz CT molecular complexity index is 583. The highest BCUT2D eigenvalue weighted by molar-refractivity contribution is 9.10. The van der Waals surface area contributed by atoms with E-state index < -0.39 is 11.4 Å². The Labute approximate surface area is 132 Å². The summed E-state index contributed by atoms with van der Waals surface area (Å²) in [5, 5.41) is 9.00. The van der Waals surface area contributed by atoms with Crippen LogP contribution in [0, 0.1) is 0 Å². The smallest absolute Gasteiger partial charge is 0.305 e. The van der Waals surface area contributed by atoms with E-state index in [4.69, 9.17) is 5.11 Å². The van der Waals surface area contributed by atoms with Gasteiger partial charge in [-0.1, -0.05) is 28.1 Å². The second kappa shape index (κ2) is 5.44. The molecule has 1 unspecified atom stereocenters. The van der Waals surface area contributed by atoms with E-state index in [1.165, 1.54) is 0 Å². The van der Waals surface area contributed by atoms with Crippen molar-refractivity contribution in [3.05, 3.63) is 34.3 Å². The minimum absolute atomic E-state index is 0.0559. The molecule has 1 aliphatic heterocycles. The lowest BCUT2D eigenvalue weighted by Gasteiger charge is -2.28. The molecule has 1 heterocycles. The summed E-state index contributed by atoms with van der Waals surface area (Å²) in [6, 6.07) is 7.77. The van der Waals surface area contributed by atoms with E-state index in [9.17, 15) is 9.59 Å². The second-order valence-corrected chi connectivity index (χ2v) is 6.90. The van der Waals surface area contributed by atoms with Crippen molar-refractivity contribution in [2.45, 2.75) is 43.6 Å². The number of hydrogen-bond donors (Lipinski definition) is 1. The standard InChI is InChI=1S/C16H18BrNO3/c17-12-4-1-3-11(9-12)16(6-7-16)15(21)18-8-2-5-13(18)10-14(19)20/h1,3-4,9,13H,2,5-8,10H2,(H,19,20). The largest absolute Gasteiger partial charge is 0.481 e. The predicted molar refractivity (Wildman–Crippen MR) is 82.0 cm³/mol. The summed E-state index contributed by atoms with van der Waals surface area (Å²) in [7, 11) is 0. The Balaban J connectivity index is 1.83. The zero-order valence-electron chi connectivity index (χ0n) is 11.7.